The van der Waals surface area contributed by atoms with Crippen LogP contribution < -0.4 is 5.32 Å². The van der Waals surface area contributed by atoms with E-state index in [1.165, 1.54) is 12.4 Å². The van der Waals surface area contributed by atoms with Gasteiger partial charge in [-0.05, 0) is 12.1 Å². The van der Waals surface area contributed by atoms with Gasteiger partial charge in [-0.1, -0.05) is 0 Å². The molecule has 0 amide bonds. The van der Waals surface area contributed by atoms with E-state index in [4.69, 9.17) is 4.42 Å². The Morgan fingerprint density at radius 2 is 1.86 bits per heavy atom. The number of nitrogens with one attached hydrogen (secondary N) is 3. The Labute approximate surface area is 160 Å². The molecule has 4 heterocycles. The maximum absolute atomic E-state index is 12.6. The van der Waals surface area contributed by atoms with Gasteiger partial charge in [0.15, 0.2) is 0 Å². The lowest BCUT2D eigenvalue weighted by atomic mass is 10.1. The average molecular weight is 395 g/mol. The van der Waals surface area contributed by atoms with Crippen molar-refractivity contribution in [2.75, 3.05) is 5.32 Å². The topological polar surface area (TPSA) is 134 Å². The molecule has 0 aliphatic rings. The molecule has 4 aromatic heterocycles. The number of alkyl halides is 2. The second kappa shape index (κ2) is 6.74. The van der Waals surface area contributed by atoms with Crippen LogP contribution in [-0.2, 0) is 0 Å². The number of hydrogen-bond acceptors (Lipinski definition) is 8. The van der Waals surface area contributed by atoms with E-state index in [2.05, 4.69) is 45.6 Å². The summed E-state index contributed by atoms with van der Waals surface area (Å²) in [5, 5.41) is 16.7. The van der Waals surface area contributed by atoms with Gasteiger partial charge in [0.1, 0.15) is 0 Å². The summed E-state index contributed by atoms with van der Waals surface area (Å²) in [5.74, 6) is -0.519. The summed E-state index contributed by atoms with van der Waals surface area (Å²) in [6, 6.07) is 3.77. The van der Waals surface area contributed by atoms with Crippen LogP contribution >= 0.6 is 0 Å². The maximum atomic E-state index is 12.6. The van der Waals surface area contributed by atoms with Crippen molar-refractivity contribution in [3.63, 3.8) is 0 Å². The largest absolute Gasteiger partial charge is 0.415 e. The quantitative estimate of drug-likeness (QED) is 0.412. The van der Waals surface area contributed by atoms with E-state index < -0.39 is 12.3 Å². The van der Waals surface area contributed by atoms with Gasteiger partial charge >= 0.3 is 6.43 Å². The van der Waals surface area contributed by atoms with Crippen molar-refractivity contribution in [2.24, 2.45) is 0 Å². The van der Waals surface area contributed by atoms with Gasteiger partial charge in [0.05, 0.1) is 29.1 Å². The van der Waals surface area contributed by atoms with E-state index in [9.17, 15) is 8.78 Å². The summed E-state index contributed by atoms with van der Waals surface area (Å²) < 4.78 is 30.0. The zero-order valence-electron chi connectivity index (χ0n) is 14.5. The van der Waals surface area contributed by atoms with Crippen LogP contribution in [0.4, 0.5) is 20.4 Å². The summed E-state index contributed by atoms with van der Waals surface area (Å²) in [4.78, 5) is 15.8. The Bertz CT molecular complexity index is 1260. The van der Waals surface area contributed by atoms with Gasteiger partial charge in [-0.25, -0.2) is 15.0 Å². The molecule has 5 rings (SSSR count). The fraction of sp³-hybridized carbons (Fsp3) is 0.0588. The second-order valence-corrected chi connectivity index (χ2v) is 5.98. The fourth-order valence-electron chi connectivity index (χ4n) is 2.81. The van der Waals surface area contributed by atoms with Crippen molar-refractivity contribution < 1.29 is 13.2 Å². The molecule has 0 saturated carbocycles. The molecule has 0 saturated heterocycles. The van der Waals surface area contributed by atoms with Gasteiger partial charge in [0.25, 0.3) is 11.8 Å². The highest BCUT2D eigenvalue weighted by molar-refractivity contribution is 5.94. The second-order valence-electron chi connectivity index (χ2n) is 5.98. The molecule has 0 aliphatic heterocycles. The number of rotatable bonds is 5. The number of H-pyrrole nitrogens is 2. The number of halogens is 2. The van der Waals surface area contributed by atoms with Crippen molar-refractivity contribution in [1.82, 2.24) is 40.3 Å². The summed E-state index contributed by atoms with van der Waals surface area (Å²) >= 11 is 0. The van der Waals surface area contributed by atoms with Gasteiger partial charge in [0, 0.05) is 35.4 Å². The van der Waals surface area contributed by atoms with E-state index in [1.807, 2.05) is 12.1 Å². The molecule has 5 aromatic rings. The third-order valence-electron chi connectivity index (χ3n) is 4.12. The van der Waals surface area contributed by atoms with Gasteiger partial charge in [-0.15, -0.1) is 10.2 Å². The van der Waals surface area contributed by atoms with Crippen LogP contribution in [0.2, 0.25) is 0 Å². The van der Waals surface area contributed by atoms with Crippen molar-refractivity contribution in [3.8, 4) is 22.6 Å². The Kier molecular flexibility index (Phi) is 3.93. The molecule has 12 heteroatoms. The molecule has 0 bridgehead atoms. The predicted octanol–water partition coefficient (Wildman–Crippen LogP) is 3.47. The molecule has 0 radical (unpaired) electrons. The minimum Gasteiger partial charge on any atom is -0.415 e. The Hall–Kier alpha value is -4.22. The summed E-state index contributed by atoms with van der Waals surface area (Å²) in [6.45, 7) is 0. The highest BCUT2D eigenvalue weighted by Gasteiger charge is 2.17. The lowest BCUT2D eigenvalue weighted by Crippen LogP contribution is -1.97. The molecule has 3 N–H and O–H groups in total. The molecule has 0 spiro atoms. The number of nitrogens with zero attached hydrogens (tertiary/aromatic N) is 6. The molecule has 1 aromatic carbocycles. The van der Waals surface area contributed by atoms with E-state index >= 15 is 0 Å². The third-order valence-corrected chi connectivity index (χ3v) is 4.12. The van der Waals surface area contributed by atoms with Crippen LogP contribution in [0.15, 0.2) is 47.7 Å². The van der Waals surface area contributed by atoms with Crippen LogP contribution in [0.5, 0.6) is 0 Å². The first-order chi connectivity index (χ1) is 14.2. The monoisotopic (exact) mass is 395 g/mol. The minimum absolute atomic E-state index is 0.0760. The lowest BCUT2D eigenvalue weighted by molar-refractivity contribution is 0.116. The number of hydrogen-bond donors (Lipinski definition) is 3. The molecule has 10 nitrogen and oxygen atoms in total. The fourth-order valence-corrected chi connectivity index (χ4v) is 2.81. The molecule has 29 heavy (non-hydrogen) atoms. The zero-order valence-corrected chi connectivity index (χ0v) is 14.5. The van der Waals surface area contributed by atoms with Gasteiger partial charge in [-0.3, -0.25) is 5.10 Å². The first-order valence-electron chi connectivity index (χ1n) is 8.34. The van der Waals surface area contributed by atoms with Gasteiger partial charge < -0.3 is 14.7 Å². The summed E-state index contributed by atoms with van der Waals surface area (Å²) in [6.07, 6.45) is 5.07. The Balaban J connectivity index is 1.43. The molecule has 0 unspecified atom stereocenters. The highest BCUT2D eigenvalue weighted by Crippen LogP contribution is 2.30. The summed E-state index contributed by atoms with van der Waals surface area (Å²) in [7, 11) is 0. The van der Waals surface area contributed by atoms with E-state index in [0.29, 0.717) is 11.5 Å². The van der Waals surface area contributed by atoms with Crippen LogP contribution in [0.1, 0.15) is 12.3 Å². The molecule has 144 valence electrons. The van der Waals surface area contributed by atoms with Crippen molar-refractivity contribution >= 4 is 22.7 Å². The van der Waals surface area contributed by atoms with Crippen LogP contribution in [-0.4, -0.2) is 40.3 Å². The maximum Gasteiger partial charge on any atom is 0.314 e. The number of benzene rings is 1. The molecule has 0 fully saturated rings. The standard InChI is InChI=1S/C17H11F2N9O/c18-14(19)16-28-27-15(29-16)9-3-20-17(21-4-9)26-10-1-11(8-5-24-25-6-8)13-12(2-10)22-7-23-13/h1-7,14H,(H,22,23)(H,24,25)(H,20,21,26). The van der Waals surface area contributed by atoms with E-state index in [0.717, 1.165) is 27.8 Å². The number of fused-ring (bicyclic) bond motifs is 1. The molecule has 0 aliphatic carbocycles. The Morgan fingerprint density at radius 3 is 2.59 bits per heavy atom. The van der Waals surface area contributed by atoms with Crippen molar-refractivity contribution in [1.29, 1.82) is 0 Å². The van der Waals surface area contributed by atoms with Crippen molar-refractivity contribution in [2.45, 2.75) is 6.43 Å². The first kappa shape index (κ1) is 16.9. The lowest BCUT2D eigenvalue weighted by Gasteiger charge is -2.08. The summed E-state index contributed by atoms with van der Waals surface area (Å²) in [5.41, 5.74) is 4.45. The number of imidazole rings is 1. The van der Waals surface area contributed by atoms with Crippen LogP contribution in [0.3, 0.4) is 0 Å². The SMILES string of the molecule is FC(F)c1nnc(-c2cnc(Nc3cc(-c4cn[nH]c4)c4nc[nH]c4c3)nc2)o1. The predicted molar refractivity (Wildman–Crippen MR) is 97.2 cm³/mol. The highest BCUT2D eigenvalue weighted by atomic mass is 19.3. The number of anilines is 2. The third kappa shape index (κ3) is 3.16. The number of aromatic amines is 2. The van der Waals surface area contributed by atoms with Crippen LogP contribution in [0.25, 0.3) is 33.6 Å². The molecule has 0 atom stereocenters. The van der Waals surface area contributed by atoms with Gasteiger partial charge in [-0.2, -0.15) is 13.9 Å². The minimum atomic E-state index is -2.83. The zero-order chi connectivity index (χ0) is 19.8. The first-order valence-corrected chi connectivity index (χ1v) is 8.34. The average Bonchev–Trinajstić information content (AvgIpc) is 3.48. The normalized spacial score (nSPS) is 11.4. The van der Waals surface area contributed by atoms with E-state index in [-0.39, 0.29) is 5.89 Å². The smallest absolute Gasteiger partial charge is 0.314 e. The Morgan fingerprint density at radius 1 is 1.00 bits per heavy atom. The van der Waals surface area contributed by atoms with Crippen molar-refractivity contribution in [3.05, 3.63) is 49.1 Å². The molecular weight excluding hydrogens is 384 g/mol. The van der Waals surface area contributed by atoms with E-state index in [1.54, 1.807) is 18.7 Å². The molecular formula is C17H11F2N9O. The van der Waals surface area contributed by atoms with Gasteiger partial charge in [0.2, 0.25) is 5.95 Å². The van der Waals surface area contributed by atoms with Crippen LogP contribution in [0, 0.1) is 0 Å². The number of aromatic nitrogens is 8.